The van der Waals surface area contributed by atoms with Gasteiger partial charge in [-0.1, -0.05) is 12.8 Å². The van der Waals surface area contributed by atoms with Gasteiger partial charge in [0.1, 0.15) is 0 Å². The third-order valence-corrected chi connectivity index (χ3v) is 5.47. The molecule has 2 saturated heterocycles. The van der Waals surface area contributed by atoms with Gasteiger partial charge in [0.15, 0.2) is 0 Å². The van der Waals surface area contributed by atoms with E-state index in [1.807, 2.05) is 24.5 Å². The fourth-order valence-electron chi connectivity index (χ4n) is 4.00. The number of amides is 1. The summed E-state index contributed by atoms with van der Waals surface area (Å²) >= 11 is 0. The standard InChI is InChI=1S/C20H32N4O/c25-20(22-10-6-15-23-13-3-1-2-4-14-23)18-7-5-16-24(17-18)19-8-11-21-12-9-19/h8-9,11-12,18H,1-7,10,13-17H2,(H,22,25). The molecule has 5 nitrogen and oxygen atoms in total. The minimum atomic E-state index is 0.111. The van der Waals surface area contributed by atoms with Crippen LogP contribution >= 0.6 is 0 Å². The first-order valence-corrected chi connectivity index (χ1v) is 9.98. The Kier molecular flexibility index (Phi) is 7.10. The second-order valence-electron chi connectivity index (χ2n) is 7.39. The number of likely N-dealkylation sites (tertiary alicyclic amines) is 1. The molecule has 0 saturated carbocycles. The summed E-state index contributed by atoms with van der Waals surface area (Å²) in [6.45, 7) is 6.24. The van der Waals surface area contributed by atoms with Crippen molar-refractivity contribution < 1.29 is 4.79 Å². The molecule has 2 fully saturated rings. The molecule has 1 unspecified atom stereocenters. The average molecular weight is 345 g/mol. The Morgan fingerprint density at radius 3 is 2.60 bits per heavy atom. The van der Waals surface area contributed by atoms with Crippen LogP contribution in [0.15, 0.2) is 24.5 Å². The Bertz CT molecular complexity index is 514. The van der Waals surface area contributed by atoms with Crippen molar-refractivity contribution in [3.63, 3.8) is 0 Å². The zero-order valence-electron chi connectivity index (χ0n) is 15.3. The van der Waals surface area contributed by atoms with Crippen LogP contribution in [0.25, 0.3) is 0 Å². The number of hydrogen-bond acceptors (Lipinski definition) is 4. The summed E-state index contributed by atoms with van der Waals surface area (Å²) in [4.78, 5) is 21.5. The maximum Gasteiger partial charge on any atom is 0.224 e. The molecule has 25 heavy (non-hydrogen) atoms. The van der Waals surface area contributed by atoms with Gasteiger partial charge in [-0.05, 0) is 63.9 Å². The van der Waals surface area contributed by atoms with Crippen molar-refractivity contribution in [3.05, 3.63) is 24.5 Å². The van der Waals surface area contributed by atoms with Crippen LogP contribution in [0.4, 0.5) is 5.69 Å². The van der Waals surface area contributed by atoms with Crippen LogP contribution in [0.1, 0.15) is 44.9 Å². The highest BCUT2D eigenvalue weighted by Gasteiger charge is 2.25. The summed E-state index contributed by atoms with van der Waals surface area (Å²) in [6.07, 6.45) is 12.2. The summed E-state index contributed by atoms with van der Waals surface area (Å²) in [5, 5.41) is 3.17. The van der Waals surface area contributed by atoms with E-state index in [1.54, 1.807) is 0 Å². The summed E-state index contributed by atoms with van der Waals surface area (Å²) < 4.78 is 0. The molecule has 2 aliphatic heterocycles. The van der Waals surface area contributed by atoms with E-state index in [4.69, 9.17) is 0 Å². The van der Waals surface area contributed by atoms with Gasteiger partial charge in [0.05, 0.1) is 5.92 Å². The number of pyridine rings is 1. The zero-order chi connectivity index (χ0) is 17.3. The van der Waals surface area contributed by atoms with Gasteiger partial charge in [0.25, 0.3) is 0 Å². The van der Waals surface area contributed by atoms with E-state index < -0.39 is 0 Å². The number of nitrogens with zero attached hydrogens (tertiary/aromatic N) is 3. The molecule has 1 amide bonds. The molecule has 0 radical (unpaired) electrons. The Labute approximate surface area is 151 Å². The number of aromatic nitrogens is 1. The quantitative estimate of drug-likeness (QED) is 0.806. The molecule has 1 N–H and O–H groups in total. The molecule has 0 bridgehead atoms. The molecular weight excluding hydrogens is 312 g/mol. The minimum Gasteiger partial charge on any atom is -0.371 e. The van der Waals surface area contributed by atoms with Gasteiger partial charge in [-0.2, -0.15) is 0 Å². The lowest BCUT2D eigenvalue weighted by Gasteiger charge is -2.33. The van der Waals surface area contributed by atoms with Crippen LogP contribution in [0.5, 0.6) is 0 Å². The van der Waals surface area contributed by atoms with Gasteiger partial charge in [-0.25, -0.2) is 0 Å². The zero-order valence-corrected chi connectivity index (χ0v) is 15.3. The van der Waals surface area contributed by atoms with E-state index >= 15 is 0 Å². The molecule has 3 heterocycles. The van der Waals surface area contributed by atoms with Gasteiger partial charge in [0, 0.05) is 37.7 Å². The third-order valence-electron chi connectivity index (χ3n) is 5.47. The number of anilines is 1. The van der Waals surface area contributed by atoms with Crippen molar-refractivity contribution in [1.82, 2.24) is 15.2 Å². The highest BCUT2D eigenvalue weighted by molar-refractivity contribution is 5.79. The van der Waals surface area contributed by atoms with Crippen LogP contribution in [-0.2, 0) is 4.79 Å². The van der Waals surface area contributed by atoms with Crippen molar-refractivity contribution in [2.24, 2.45) is 5.92 Å². The minimum absolute atomic E-state index is 0.111. The number of hydrogen-bond donors (Lipinski definition) is 1. The number of rotatable bonds is 6. The Morgan fingerprint density at radius 1 is 1.08 bits per heavy atom. The lowest BCUT2D eigenvalue weighted by Crippen LogP contribution is -2.43. The molecule has 3 rings (SSSR count). The molecule has 2 aliphatic rings. The maximum absolute atomic E-state index is 12.5. The van der Waals surface area contributed by atoms with Gasteiger partial charge >= 0.3 is 0 Å². The lowest BCUT2D eigenvalue weighted by molar-refractivity contribution is -0.125. The summed E-state index contributed by atoms with van der Waals surface area (Å²) in [5.74, 6) is 0.342. The van der Waals surface area contributed by atoms with Gasteiger partial charge in [-0.15, -0.1) is 0 Å². The normalized spacial score (nSPS) is 22.4. The molecule has 138 valence electrons. The number of piperidine rings is 1. The maximum atomic E-state index is 12.5. The van der Waals surface area contributed by atoms with Crippen LogP contribution in [0.3, 0.4) is 0 Å². The largest absolute Gasteiger partial charge is 0.371 e. The van der Waals surface area contributed by atoms with Crippen LogP contribution in [0.2, 0.25) is 0 Å². The first-order chi connectivity index (χ1) is 12.3. The SMILES string of the molecule is O=C(NCCCN1CCCCCC1)C1CCCN(c2ccncc2)C1. The molecule has 1 atom stereocenters. The predicted molar refractivity (Wildman–Crippen MR) is 102 cm³/mol. The monoisotopic (exact) mass is 344 g/mol. The first kappa shape index (κ1) is 18.2. The van der Waals surface area contributed by atoms with Crippen molar-refractivity contribution in [1.29, 1.82) is 0 Å². The summed E-state index contributed by atoms with van der Waals surface area (Å²) in [5.41, 5.74) is 1.17. The number of nitrogens with one attached hydrogen (secondary N) is 1. The number of carbonyl (C=O) groups excluding carboxylic acids is 1. The fraction of sp³-hybridized carbons (Fsp3) is 0.700. The second kappa shape index (κ2) is 9.76. The molecule has 5 heteroatoms. The average Bonchev–Trinajstić information content (AvgIpc) is 2.95. The van der Waals surface area contributed by atoms with E-state index in [1.165, 1.54) is 44.5 Å². The molecular formula is C20H32N4O. The molecule has 0 aromatic carbocycles. The van der Waals surface area contributed by atoms with Gasteiger partial charge in [-0.3, -0.25) is 9.78 Å². The Morgan fingerprint density at radius 2 is 1.84 bits per heavy atom. The van der Waals surface area contributed by atoms with Crippen LogP contribution < -0.4 is 10.2 Å². The Balaban J connectivity index is 1.37. The lowest BCUT2D eigenvalue weighted by atomic mass is 9.96. The first-order valence-electron chi connectivity index (χ1n) is 9.98. The summed E-state index contributed by atoms with van der Waals surface area (Å²) in [6, 6.07) is 4.06. The fourth-order valence-corrected chi connectivity index (χ4v) is 4.00. The molecule has 0 spiro atoms. The van der Waals surface area contributed by atoms with Crippen molar-refractivity contribution in [2.45, 2.75) is 44.9 Å². The van der Waals surface area contributed by atoms with Crippen molar-refractivity contribution in [3.8, 4) is 0 Å². The van der Waals surface area contributed by atoms with Crippen molar-refractivity contribution >= 4 is 11.6 Å². The second-order valence-corrected chi connectivity index (χ2v) is 7.39. The van der Waals surface area contributed by atoms with E-state index in [0.717, 1.165) is 45.4 Å². The summed E-state index contributed by atoms with van der Waals surface area (Å²) in [7, 11) is 0. The molecule has 1 aromatic heterocycles. The van der Waals surface area contributed by atoms with E-state index in [0.29, 0.717) is 0 Å². The van der Waals surface area contributed by atoms with Gasteiger partial charge < -0.3 is 15.1 Å². The number of carbonyl (C=O) groups is 1. The predicted octanol–water partition coefficient (Wildman–Crippen LogP) is 2.68. The Hall–Kier alpha value is -1.62. The highest BCUT2D eigenvalue weighted by Crippen LogP contribution is 2.22. The third kappa shape index (κ3) is 5.70. The van der Waals surface area contributed by atoms with Crippen LogP contribution in [0, 0.1) is 5.92 Å². The topological polar surface area (TPSA) is 48.5 Å². The van der Waals surface area contributed by atoms with E-state index in [9.17, 15) is 4.79 Å². The van der Waals surface area contributed by atoms with Gasteiger partial charge in [0.2, 0.25) is 5.91 Å². The van der Waals surface area contributed by atoms with Crippen molar-refractivity contribution in [2.75, 3.05) is 44.2 Å². The van der Waals surface area contributed by atoms with Crippen LogP contribution in [-0.4, -0.2) is 55.1 Å². The van der Waals surface area contributed by atoms with E-state index in [-0.39, 0.29) is 11.8 Å². The van der Waals surface area contributed by atoms with E-state index in [2.05, 4.69) is 20.1 Å². The smallest absolute Gasteiger partial charge is 0.224 e. The molecule has 0 aliphatic carbocycles. The molecule has 1 aromatic rings. The highest BCUT2D eigenvalue weighted by atomic mass is 16.1.